The van der Waals surface area contributed by atoms with Crippen molar-refractivity contribution in [1.82, 2.24) is 4.98 Å². The van der Waals surface area contributed by atoms with E-state index in [1.165, 1.54) is 47.0 Å². The fourth-order valence-electron chi connectivity index (χ4n) is 2.63. The maximum absolute atomic E-state index is 4.80. The minimum atomic E-state index is 1.04. The molecule has 0 unspecified atom stereocenters. The summed E-state index contributed by atoms with van der Waals surface area (Å²) in [5, 5.41) is 2.80. The second-order valence-corrected chi connectivity index (χ2v) is 4.24. The normalized spacial score (nSPS) is 14.5. The maximum Gasteiger partial charge on any atom is 0.0482 e. The topological polar surface area (TPSA) is 12.9 Å². The molecule has 15 heavy (non-hydrogen) atoms. The standard InChI is InChI=1S/C14H15N/c1-2-13-11-7-4-3-6-10(11)12-8-5-9-14(12)15-13/h3-4,6-7H,2,5,8-9H2,1H3. The minimum absolute atomic E-state index is 1.04. The van der Waals surface area contributed by atoms with Gasteiger partial charge in [-0.3, -0.25) is 4.98 Å². The van der Waals surface area contributed by atoms with E-state index in [9.17, 15) is 0 Å². The molecule has 0 N–H and O–H groups in total. The van der Waals surface area contributed by atoms with Crippen molar-refractivity contribution in [2.75, 3.05) is 0 Å². The van der Waals surface area contributed by atoms with Crippen molar-refractivity contribution in [3.8, 4) is 0 Å². The van der Waals surface area contributed by atoms with Crippen molar-refractivity contribution < 1.29 is 0 Å². The molecule has 1 aromatic heterocycles. The molecule has 0 atom stereocenters. The molecule has 0 saturated heterocycles. The lowest BCUT2D eigenvalue weighted by atomic mass is 10.0. The average molecular weight is 197 g/mol. The Kier molecular flexibility index (Phi) is 1.98. The molecule has 1 heterocycles. The van der Waals surface area contributed by atoms with Crippen LogP contribution in [0.2, 0.25) is 0 Å². The molecule has 1 nitrogen and oxygen atoms in total. The molecule has 3 rings (SSSR count). The van der Waals surface area contributed by atoms with Crippen LogP contribution in [0, 0.1) is 0 Å². The molecular formula is C14H15N. The first-order chi connectivity index (χ1) is 7.40. The Hall–Kier alpha value is -1.37. The van der Waals surface area contributed by atoms with Gasteiger partial charge in [0.05, 0.1) is 0 Å². The zero-order valence-corrected chi connectivity index (χ0v) is 9.09. The molecule has 2 aromatic rings. The van der Waals surface area contributed by atoms with Crippen molar-refractivity contribution in [2.24, 2.45) is 0 Å². The van der Waals surface area contributed by atoms with Crippen LogP contribution in [-0.4, -0.2) is 4.98 Å². The molecular weight excluding hydrogens is 182 g/mol. The number of nitrogens with zero attached hydrogens (tertiary/aromatic N) is 1. The highest BCUT2D eigenvalue weighted by molar-refractivity contribution is 5.88. The van der Waals surface area contributed by atoms with Crippen LogP contribution >= 0.6 is 0 Å². The van der Waals surface area contributed by atoms with Gasteiger partial charge in [-0.05, 0) is 36.6 Å². The first kappa shape index (κ1) is 8.90. The fourth-order valence-corrected chi connectivity index (χ4v) is 2.63. The van der Waals surface area contributed by atoms with Crippen molar-refractivity contribution in [1.29, 1.82) is 0 Å². The van der Waals surface area contributed by atoms with Crippen molar-refractivity contribution in [2.45, 2.75) is 32.6 Å². The summed E-state index contributed by atoms with van der Waals surface area (Å²) in [4.78, 5) is 4.80. The predicted molar refractivity (Wildman–Crippen MR) is 63.1 cm³/mol. The van der Waals surface area contributed by atoms with E-state index in [-0.39, 0.29) is 0 Å². The minimum Gasteiger partial charge on any atom is -0.257 e. The van der Waals surface area contributed by atoms with Crippen molar-refractivity contribution in [3.63, 3.8) is 0 Å². The van der Waals surface area contributed by atoms with Crippen LogP contribution in [-0.2, 0) is 19.3 Å². The third-order valence-corrected chi connectivity index (χ3v) is 3.36. The lowest BCUT2D eigenvalue weighted by Gasteiger charge is -2.09. The number of hydrogen-bond acceptors (Lipinski definition) is 1. The summed E-state index contributed by atoms with van der Waals surface area (Å²) in [6, 6.07) is 8.71. The lowest BCUT2D eigenvalue weighted by molar-refractivity contribution is 0.892. The highest BCUT2D eigenvalue weighted by atomic mass is 14.7. The van der Waals surface area contributed by atoms with E-state index in [1.54, 1.807) is 0 Å². The molecule has 1 aromatic carbocycles. The number of hydrogen-bond donors (Lipinski definition) is 0. The molecule has 0 saturated carbocycles. The van der Waals surface area contributed by atoms with E-state index in [0.29, 0.717) is 0 Å². The molecule has 0 spiro atoms. The van der Waals surface area contributed by atoms with E-state index in [4.69, 9.17) is 4.98 Å². The number of benzene rings is 1. The SMILES string of the molecule is CCc1nc2c(c3ccccc13)CCC2. The van der Waals surface area contributed by atoms with Gasteiger partial charge in [0.1, 0.15) is 0 Å². The van der Waals surface area contributed by atoms with Crippen LogP contribution in [0.4, 0.5) is 0 Å². The zero-order chi connectivity index (χ0) is 10.3. The van der Waals surface area contributed by atoms with Gasteiger partial charge in [0.15, 0.2) is 0 Å². The summed E-state index contributed by atoms with van der Waals surface area (Å²) in [7, 11) is 0. The summed E-state index contributed by atoms with van der Waals surface area (Å²) < 4.78 is 0. The van der Waals surface area contributed by atoms with Gasteiger partial charge in [0.2, 0.25) is 0 Å². The van der Waals surface area contributed by atoms with Gasteiger partial charge in [-0.25, -0.2) is 0 Å². The molecule has 76 valence electrons. The highest BCUT2D eigenvalue weighted by Crippen LogP contribution is 2.30. The predicted octanol–water partition coefficient (Wildman–Crippen LogP) is 3.29. The van der Waals surface area contributed by atoms with Crippen LogP contribution in [0.15, 0.2) is 24.3 Å². The van der Waals surface area contributed by atoms with Gasteiger partial charge >= 0.3 is 0 Å². The van der Waals surface area contributed by atoms with Crippen LogP contribution in [0.5, 0.6) is 0 Å². The first-order valence-corrected chi connectivity index (χ1v) is 5.79. The second kappa shape index (κ2) is 3.34. The van der Waals surface area contributed by atoms with Crippen LogP contribution in [0.3, 0.4) is 0 Å². The molecule has 1 aliphatic carbocycles. The van der Waals surface area contributed by atoms with Crippen LogP contribution in [0.1, 0.15) is 30.3 Å². The Bertz CT molecular complexity index is 514. The Morgan fingerprint density at radius 1 is 1.13 bits per heavy atom. The molecule has 1 aliphatic rings. The Balaban J connectivity index is 2.41. The number of aryl methyl sites for hydroxylation is 3. The zero-order valence-electron chi connectivity index (χ0n) is 9.09. The molecule has 0 fully saturated rings. The molecule has 0 aliphatic heterocycles. The van der Waals surface area contributed by atoms with E-state index in [0.717, 1.165) is 6.42 Å². The summed E-state index contributed by atoms with van der Waals surface area (Å²) in [6.07, 6.45) is 4.70. The molecule has 0 amide bonds. The Morgan fingerprint density at radius 2 is 1.93 bits per heavy atom. The fraction of sp³-hybridized carbons (Fsp3) is 0.357. The third-order valence-electron chi connectivity index (χ3n) is 3.36. The molecule has 0 radical (unpaired) electrons. The van der Waals surface area contributed by atoms with E-state index >= 15 is 0 Å². The van der Waals surface area contributed by atoms with Gasteiger partial charge in [-0.1, -0.05) is 31.2 Å². The largest absolute Gasteiger partial charge is 0.257 e. The molecule has 1 heteroatoms. The summed E-state index contributed by atoms with van der Waals surface area (Å²) in [5.74, 6) is 0. The highest BCUT2D eigenvalue weighted by Gasteiger charge is 2.16. The van der Waals surface area contributed by atoms with Crippen LogP contribution < -0.4 is 0 Å². The van der Waals surface area contributed by atoms with E-state index < -0.39 is 0 Å². The Labute approximate surface area is 90.2 Å². The average Bonchev–Trinajstić information content (AvgIpc) is 2.76. The van der Waals surface area contributed by atoms with Gasteiger partial charge in [0.25, 0.3) is 0 Å². The second-order valence-electron chi connectivity index (χ2n) is 4.24. The number of fused-ring (bicyclic) bond motifs is 3. The Morgan fingerprint density at radius 3 is 2.73 bits per heavy atom. The summed E-state index contributed by atoms with van der Waals surface area (Å²) in [5.41, 5.74) is 4.12. The summed E-state index contributed by atoms with van der Waals surface area (Å²) in [6.45, 7) is 2.19. The van der Waals surface area contributed by atoms with Crippen molar-refractivity contribution >= 4 is 10.8 Å². The number of pyridine rings is 1. The van der Waals surface area contributed by atoms with E-state index in [1.807, 2.05) is 0 Å². The number of rotatable bonds is 1. The lowest BCUT2D eigenvalue weighted by Crippen LogP contribution is -1.96. The van der Waals surface area contributed by atoms with Gasteiger partial charge in [-0.15, -0.1) is 0 Å². The van der Waals surface area contributed by atoms with Gasteiger partial charge in [-0.2, -0.15) is 0 Å². The van der Waals surface area contributed by atoms with Gasteiger partial charge < -0.3 is 0 Å². The van der Waals surface area contributed by atoms with Crippen molar-refractivity contribution in [3.05, 3.63) is 41.2 Å². The monoisotopic (exact) mass is 197 g/mol. The molecule has 0 bridgehead atoms. The first-order valence-electron chi connectivity index (χ1n) is 5.79. The van der Waals surface area contributed by atoms with Gasteiger partial charge in [0, 0.05) is 16.8 Å². The van der Waals surface area contributed by atoms with E-state index in [2.05, 4.69) is 31.2 Å². The maximum atomic E-state index is 4.80. The van der Waals surface area contributed by atoms with Crippen LogP contribution in [0.25, 0.3) is 10.8 Å². The third kappa shape index (κ3) is 1.26. The quantitative estimate of drug-likeness (QED) is 0.683. The smallest absolute Gasteiger partial charge is 0.0482 e. The summed E-state index contributed by atoms with van der Waals surface area (Å²) >= 11 is 0. The number of aromatic nitrogens is 1.